The van der Waals surface area contributed by atoms with E-state index in [2.05, 4.69) is 9.75 Å². The molecule has 0 amide bonds. The van der Waals surface area contributed by atoms with Gasteiger partial charge >= 0.3 is 0 Å². The molecule has 12 heavy (non-hydrogen) atoms. The van der Waals surface area contributed by atoms with Gasteiger partial charge in [0.2, 0.25) is 0 Å². The second kappa shape index (κ2) is 4.28. The Labute approximate surface area is 89.2 Å². The van der Waals surface area contributed by atoms with Crippen molar-refractivity contribution in [2.45, 2.75) is 0 Å². The Balaban J connectivity index is 3.21. The Morgan fingerprint density at radius 2 is 1.50 bits per heavy atom. The van der Waals surface area contributed by atoms with Crippen LogP contribution in [0.1, 0.15) is 0 Å². The summed E-state index contributed by atoms with van der Waals surface area (Å²) in [5, 5.41) is 4.48. The zero-order valence-corrected chi connectivity index (χ0v) is 8.58. The first-order valence-electron chi connectivity index (χ1n) is 2.81. The topological polar surface area (TPSA) is 24.7 Å². The molecule has 0 bridgehead atoms. The van der Waals surface area contributed by atoms with Crippen LogP contribution < -0.4 is 0 Å². The minimum atomic E-state index is 0.298. The molecule has 64 valence electrons. The number of hydrogen-bond acceptors (Lipinski definition) is 2. The zero-order chi connectivity index (χ0) is 9.14. The molecule has 0 radical (unpaired) electrons. The van der Waals surface area contributed by atoms with E-state index in [0.717, 1.165) is 0 Å². The second-order valence-corrected chi connectivity index (χ2v) is 3.24. The van der Waals surface area contributed by atoms with Gasteiger partial charge in [-0.1, -0.05) is 39.4 Å². The van der Waals surface area contributed by atoms with E-state index in [1.165, 1.54) is 12.1 Å². The average molecular weight is 244 g/mol. The van der Waals surface area contributed by atoms with Gasteiger partial charge < -0.3 is 0 Å². The quantitative estimate of drug-likeness (QED) is 0.496. The summed E-state index contributed by atoms with van der Waals surface area (Å²) in [4.78, 5) is 0. The number of nitrogens with zero attached hydrogens (tertiary/aromatic N) is 2. The summed E-state index contributed by atoms with van der Waals surface area (Å²) in [6.07, 6.45) is 0. The highest BCUT2D eigenvalue weighted by Crippen LogP contribution is 2.34. The van der Waals surface area contributed by atoms with Crippen molar-refractivity contribution in [2.24, 2.45) is 9.75 Å². The third-order valence-corrected chi connectivity index (χ3v) is 2.39. The molecule has 0 N–H and O–H groups in total. The molecule has 1 aromatic carbocycles. The maximum absolute atomic E-state index is 5.69. The molecule has 1 rings (SSSR count). The van der Waals surface area contributed by atoms with Crippen LogP contribution in [0, 0.1) is 0 Å². The molecule has 0 atom stereocenters. The van der Waals surface area contributed by atoms with Crippen molar-refractivity contribution in [1.82, 2.24) is 0 Å². The van der Waals surface area contributed by atoms with Gasteiger partial charge in [0.25, 0.3) is 0 Å². The molecule has 0 aliphatic carbocycles. The summed E-state index contributed by atoms with van der Waals surface area (Å²) in [6.45, 7) is 0. The van der Waals surface area contributed by atoms with Gasteiger partial charge in [0, 0.05) is 0 Å². The summed E-state index contributed by atoms with van der Waals surface area (Å²) in [6, 6.07) is 3.03. The van der Waals surface area contributed by atoms with E-state index < -0.39 is 0 Å². The third-order valence-electron chi connectivity index (χ3n) is 1.12. The first kappa shape index (κ1) is 10.1. The van der Waals surface area contributed by atoms with E-state index in [-0.39, 0.29) is 0 Å². The Kier molecular flexibility index (Phi) is 3.59. The Morgan fingerprint density at radius 1 is 1.00 bits per heavy atom. The summed E-state index contributed by atoms with van der Waals surface area (Å²) >= 11 is 22.1. The summed E-state index contributed by atoms with van der Waals surface area (Å²) in [7, 11) is 0. The highest BCUT2D eigenvalue weighted by atomic mass is 35.5. The molecule has 0 fully saturated rings. The van der Waals surface area contributed by atoms with Crippen LogP contribution in [0.15, 0.2) is 21.9 Å². The summed E-state index contributed by atoms with van der Waals surface area (Å²) in [5.41, 5.74) is 0.462. The fourth-order valence-corrected chi connectivity index (χ4v) is 1.32. The molecule has 0 saturated carbocycles. The Hall–Kier alpha value is -0.0200. The van der Waals surface area contributed by atoms with Crippen LogP contribution in [0.3, 0.4) is 0 Å². The smallest absolute Gasteiger partial charge is 0.0898 e. The van der Waals surface area contributed by atoms with Gasteiger partial charge in [-0.3, -0.25) is 0 Å². The van der Waals surface area contributed by atoms with Crippen LogP contribution in [0.5, 0.6) is 0 Å². The predicted molar refractivity (Wildman–Crippen MR) is 51.8 cm³/mol. The fourth-order valence-electron chi connectivity index (χ4n) is 0.644. The third kappa shape index (κ3) is 2.23. The highest BCUT2D eigenvalue weighted by Gasteiger charge is 2.04. The minimum absolute atomic E-state index is 0.298. The van der Waals surface area contributed by atoms with E-state index in [1.54, 1.807) is 0 Å². The molecule has 1 aromatic rings. The number of rotatable bonds is 1. The van der Waals surface area contributed by atoms with Crippen molar-refractivity contribution in [3.63, 3.8) is 0 Å². The van der Waals surface area contributed by atoms with Crippen LogP contribution in [0.2, 0.25) is 15.1 Å². The number of benzene rings is 1. The molecule has 6 heteroatoms. The molecular weight excluding hydrogens is 242 g/mol. The van der Waals surface area contributed by atoms with Crippen LogP contribution in [0.25, 0.3) is 0 Å². The first-order chi connectivity index (χ1) is 5.65. The molecule has 0 aliphatic heterocycles. The van der Waals surface area contributed by atoms with E-state index >= 15 is 0 Å². The number of hydrogen-bond donors (Lipinski definition) is 0. The molecule has 0 aromatic heterocycles. The van der Waals surface area contributed by atoms with E-state index in [0.29, 0.717) is 20.8 Å². The molecule has 0 spiro atoms. The van der Waals surface area contributed by atoms with Crippen molar-refractivity contribution in [3.05, 3.63) is 27.2 Å². The second-order valence-electron chi connectivity index (χ2n) is 1.90. The van der Waals surface area contributed by atoms with Crippen LogP contribution in [0.4, 0.5) is 5.69 Å². The van der Waals surface area contributed by atoms with Gasteiger partial charge in [0.1, 0.15) is 0 Å². The largest absolute Gasteiger partial charge is 0.138 e. The van der Waals surface area contributed by atoms with Crippen molar-refractivity contribution in [3.8, 4) is 0 Å². The van der Waals surface area contributed by atoms with Crippen molar-refractivity contribution >= 4 is 52.3 Å². The van der Waals surface area contributed by atoms with Gasteiger partial charge in [0.05, 0.1) is 32.5 Å². The molecular formula is C6H2Cl4N2. The lowest BCUT2D eigenvalue weighted by Gasteiger charge is -1.98. The first-order valence-corrected chi connectivity index (χ1v) is 4.29. The monoisotopic (exact) mass is 242 g/mol. The summed E-state index contributed by atoms with van der Waals surface area (Å²) < 4.78 is 3.05. The standard InChI is InChI=1S/C6H2Cl4N2/c7-4-1-3(11-12-10)2-5(8)6(4)9/h1-2H/b12-11+. The maximum Gasteiger partial charge on any atom is 0.0898 e. The number of halogens is 4. The predicted octanol–water partition coefficient (Wildman–Crippen LogP) is 4.88. The fraction of sp³-hybridized carbons (Fsp3) is 0. The van der Waals surface area contributed by atoms with Gasteiger partial charge in [-0.25, -0.2) is 0 Å². The molecule has 2 nitrogen and oxygen atoms in total. The lowest BCUT2D eigenvalue weighted by Crippen LogP contribution is -1.71. The SMILES string of the molecule is Cl/N=N/c1cc(Cl)c(Cl)c(Cl)c1. The van der Waals surface area contributed by atoms with Crippen molar-refractivity contribution in [2.75, 3.05) is 0 Å². The van der Waals surface area contributed by atoms with Gasteiger partial charge in [0.15, 0.2) is 0 Å². The van der Waals surface area contributed by atoms with Gasteiger partial charge in [-0.15, -0.1) is 5.11 Å². The highest BCUT2D eigenvalue weighted by molar-refractivity contribution is 6.48. The lowest BCUT2D eigenvalue weighted by atomic mass is 10.3. The van der Waals surface area contributed by atoms with E-state index in [9.17, 15) is 0 Å². The Morgan fingerprint density at radius 3 is 1.92 bits per heavy atom. The normalized spacial score (nSPS) is 11.0. The summed E-state index contributed by atoms with van der Waals surface area (Å²) in [5.74, 6) is 0. The lowest BCUT2D eigenvalue weighted by molar-refractivity contribution is 1.33. The van der Waals surface area contributed by atoms with Crippen molar-refractivity contribution in [1.29, 1.82) is 0 Å². The Bertz CT molecular complexity index is 300. The van der Waals surface area contributed by atoms with Crippen LogP contribution >= 0.6 is 46.6 Å². The average Bonchev–Trinajstić information content (AvgIpc) is 2.01. The zero-order valence-electron chi connectivity index (χ0n) is 5.56. The molecule has 0 heterocycles. The van der Waals surface area contributed by atoms with Crippen LogP contribution in [-0.4, -0.2) is 0 Å². The van der Waals surface area contributed by atoms with Crippen LogP contribution in [-0.2, 0) is 0 Å². The van der Waals surface area contributed by atoms with Gasteiger partial charge in [-0.05, 0) is 12.1 Å². The van der Waals surface area contributed by atoms with E-state index in [1.807, 2.05) is 0 Å². The van der Waals surface area contributed by atoms with E-state index in [4.69, 9.17) is 46.6 Å². The minimum Gasteiger partial charge on any atom is -0.138 e. The molecule has 0 aliphatic rings. The molecule has 0 unspecified atom stereocenters. The maximum atomic E-state index is 5.69. The van der Waals surface area contributed by atoms with Crippen molar-refractivity contribution < 1.29 is 0 Å². The van der Waals surface area contributed by atoms with Gasteiger partial charge in [-0.2, -0.15) is 0 Å². The molecule has 0 saturated heterocycles.